The Labute approximate surface area is 191 Å². The van der Waals surface area contributed by atoms with Crippen molar-refractivity contribution >= 4 is 38.9 Å². The molecule has 10 heteroatoms. The Morgan fingerprint density at radius 2 is 2.00 bits per heavy atom. The predicted molar refractivity (Wildman–Crippen MR) is 119 cm³/mol. The molecule has 168 valence electrons. The van der Waals surface area contributed by atoms with Crippen LogP contribution in [-0.4, -0.2) is 56.3 Å². The minimum Gasteiger partial charge on any atom is -0.343 e. The number of hydrogen-bond donors (Lipinski definition) is 1. The SMILES string of the molecule is O=C(CCNS(=O)(=O)c1ccc(F)c(Cl)c1)N1CCC(N2CCc3sccc3C2)CC1. The molecule has 0 unspecified atom stereocenters. The lowest BCUT2D eigenvalue weighted by Crippen LogP contribution is -2.48. The third kappa shape index (κ3) is 5.28. The Morgan fingerprint density at radius 3 is 2.74 bits per heavy atom. The second-order valence-electron chi connectivity index (χ2n) is 7.93. The van der Waals surface area contributed by atoms with E-state index in [4.69, 9.17) is 11.6 Å². The Morgan fingerprint density at radius 1 is 1.23 bits per heavy atom. The fourth-order valence-corrected chi connectivity index (χ4v) is 6.43. The van der Waals surface area contributed by atoms with Crippen molar-refractivity contribution in [2.45, 2.75) is 43.2 Å². The molecule has 1 aromatic heterocycles. The van der Waals surface area contributed by atoms with E-state index in [-0.39, 0.29) is 28.8 Å². The summed E-state index contributed by atoms with van der Waals surface area (Å²) in [4.78, 5) is 18.3. The van der Waals surface area contributed by atoms with Crippen LogP contribution in [0.5, 0.6) is 0 Å². The summed E-state index contributed by atoms with van der Waals surface area (Å²) in [6.07, 6.45) is 3.06. The molecule has 31 heavy (non-hydrogen) atoms. The average molecular weight is 486 g/mol. The Bertz CT molecular complexity index is 1050. The van der Waals surface area contributed by atoms with Gasteiger partial charge in [-0.2, -0.15) is 0 Å². The number of piperidine rings is 1. The molecule has 0 radical (unpaired) electrons. The van der Waals surface area contributed by atoms with Crippen molar-refractivity contribution in [3.63, 3.8) is 0 Å². The maximum absolute atomic E-state index is 13.2. The van der Waals surface area contributed by atoms with Gasteiger partial charge in [0.2, 0.25) is 15.9 Å². The van der Waals surface area contributed by atoms with Crippen LogP contribution in [0.2, 0.25) is 5.02 Å². The number of amides is 1. The fraction of sp³-hybridized carbons (Fsp3) is 0.476. The van der Waals surface area contributed by atoms with Gasteiger partial charge in [-0.3, -0.25) is 9.69 Å². The van der Waals surface area contributed by atoms with Crippen LogP contribution in [0, 0.1) is 5.82 Å². The highest BCUT2D eigenvalue weighted by molar-refractivity contribution is 7.89. The molecule has 0 bridgehead atoms. The van der Waals surface area contributed by atoms with E-state index in [1.165, 1.54) is 10.4 Å². The first-order valence-corrected chi connectivity index (χ1v) is 13.1. The lowest BCUT2D eigenvalue weighted by atomic mass is 9.99. The van der Waals surface area contributed by atoms with Crippen LogP contribution in [-0.2, 0) is 27.8 Å². The van der Waals surface area contributed by atoms with E-state index in [1.807, 2.05) is 16.2 Å². The van der Waals surface area contributed by atoms with Crippen LogP contribution in [0.4, 0.5) is 4.39 Å². The predicted octanol–water partition coefficient (Wildman–Crippen LogP) is 3.26. The van der Waals surface area contributed by atoms with Crippen molar-refractivity contribution < 1.29 is 17.6 Å². The van der Waals surface area contributed by atoms with Gasteiger partial charge < -0.3 is 4.90 Å². The van der Waals surface area contributed by atoms with Crippen LogP contribution in [0.3, 0.4) is 0 Å². The van der Waals surface area contributed by atoms with Gasteiger partial charge in [0, 0.05) is 50.1 Å². The number of carbonyl (C=O) groups is 1. The zero-order chi connectivity index (χ0) is 22.0. The third-order valence-corrected chi connectivity index (χ3v) is 8.77. The van der Waals surface area contributed by atoms with Gasteiger partial charge in [-0.05, 0) is 54.5 Å². The van der Waals surface area contributed by atoms with Crippen molar-refractivity contribution in [3.05, 3.63) is 50.9 Å². The average Bonchev–Trinajstić information content (AvgIpc) is 3.23. The van der Waals surface area contributed by atoms with Gasteiger partial charge >= 0.3 is 0 Å². The van der Waals surface area contributed by atoms with E-state index < -0.39 is 15.8 Å². The summed E-state index contributed by atoms with van der Waals surface area (Å²) in [5.41, 5.74) is 1.43. The smallest absolute Gasteiger partial charge is 0.240 e. The van der Waals surface area contributed by atoms with Crippen LogP contribution in [0.25, 0.3) is 0 Å². The van der Waals surface area contributed by atoms with Crippen molar-refractivity contribution in [1.29, 1.82) is 0 Å². The van der Waals surface area contributed by atoms with E-state index in [0.29, 0.717) is 19.1 Å². The lowest BCUT2D eigenvalue weighted by molar-refractivity contribution is -0.132. The van der Waals surface area contributed by atoms with Crippen LogP contribution in [0.1, 0.15) is 29.7 Å². The molecule has 4 rings (SSSR count). The molecule has 1 aromatic carbocycles. The molecule has 0 atom stereocenters. The second kappa shape index (κ2) is 9.54. The number of nitrogens with zero attached hydrogens (tertiary/aromatic N) is 2. The topological polar surface area (TPSA) is 69.7 Å². The van der Waals surface area contributed by atoms with E-state index in [1.54, 1.807) is 0 Å². The summed E-state index contributed by atoms with van der Waals surface area (Å²) in [6.45, 7) is 3.44. The van der Waals surface area contributed by atoms with E-state index >= 15 is 0 Å². The Balaban J connectivity index is 1.23. The highest BCUT2D eigenvalue weighted by Crippen LogP contribution is 2.28. The number of carbonyl (C=O) groups excluding carboxylic acids is 1. The van der Waals surface area contributed by atoms with Crippen molar-refractivity contribution in [2.75, 3.05) is 26.2 Å². The van der Waals surface area contributed by atoms with Gasteiger partial charge in [-0.1, -0.05) is 11.6 Å². The van der Waals surface area contributed by atoms with Gasteiger partial charge in [0.15, 0.2) is 0 Å². The van der Waals surface area contributed by atoms with Crippen molar-refractivity contribution in [3.8, 4) is 0 Å². The fourth-order valence-electron chi connectivity index (χ4n) is 4.24. The number of benzene rings is 1. The summed E-state index contributed by atoms with van der Waals surface area (Å²) in [7, 11) is -3.85. The van der Waals surface area contributed by atoms with Gasteiger partial charge in [-0.15, -0.1) is 11.3 Å². The quantitative estimate of drug-likeness (QED) is 0.681. The molecular weight excluding hydrogens is 461 g/mol. The molecular formula is C21H25ClFN3O3S2. The Hall–Kier alpha value is -1.52. The normalized spacial score (nSPS) is 18.2. The third-order valence-electron chi connectivity index (χ3n) is 6.00. The van der Waals surface area contributed by atoms with Gasteiger partial charge in [0.05, 0.1) is 9.92 Å². The first kappa shape index (κ1) is 22.7. The molecule has 1 fully saturated rings. The molecule has 2 aliphatic heterocycles. The molecule has 6 nitrogen and oxygen atoms in total. The molecule has 0 saturated carbocycles. The van der Waals surface area contributed by atoms with Gasteiger partial charge in [0.25, 0.3) is 0 Å². The summed E-state index contributed by atoms with van der Waals surface area (Å²) < 4.78 is 40.3. The maximum Gasteiger partial charge on any atom is 0.240 e. The van der Waals surface area contributed by atoms with Crippen molar-refractivity contribution in [1.82, 2.24) is 14.5 Å². The van der Waals surface area contributed by atoms with E-state index in [0.717, 1.165) is 50.6 Å². The zero-order valence-electron chi connectivity index (χ0n) is 17.0. The highest BCUT2D eigenvalue weighted by Gasteiger charge is 2.29. The Kier molecular flexibility index (Phi) is 6.98. The van der Waals surface area contributed by atoms with Gasteiger partial charge in [0.1, 0.15) is 5.82 Å². The first-order chi connectivity index (χ1) is 14.8. The standard InChI is InChI=1S/C21H25ClFN3O3S2/c22-18-13-17(1-2-19(18)23)31(28,29)24-8-3-21(27)25-9-4-16(5-10-25)26-11-6-20-15(14-26)7-12-30-20/h1-2,7,12-13,16,24H,3-6,8-11,14H2. The van der Waals surface area contributed by atoms with Crippen LogP contribution >= 0.6 is 22.9 Å². The highest BCUT2D eigenvalue weighted by atomic mass is 35.5. The number of nitrogens with one attached hydrogen (secondary N) is 1. The number of sulfonamides is 1. The minimum atomic E-state index is -3.85. The summed E-state index contributed by atoms with van der Waals surface area (Å²) >= 11 is 7.50. The van der Waals surface area contributed by atoms with Crippen LogP contribution in [0.15, 0.2) is 34.5 Å². The van der Waals surface area contributed by atoms with Crippen molar-refractivity contribution in [2.24, 2.45) is 0 Å². The van der Waals surface area contributed by atoms with Crippen LogP contribution < -0.4 is 4.72 Å². The molecule has 1 N–H and O–H groups in total. The summed E-state index contributed by atoms with van der Waals surface area (Å²) in [6, 6.07) is 5.92. The number of fused-ring (bicyclic) bond motifs is 1. The molecule has 0 spiro atoms. The molecule has 2 aliphatic rings. The monoisotopic (exact) mass is 485 g/mol. The minimum absolute atomic E-state index is 0.0108. The molecule has 0 aliphatic carbocycles. The number of likely N-dealkylation sites (tertiary alicyclic amines) is 1. The first-order valence-electron chi connectivity index (χ1n) is 10.4. The number of halogens is 2. The number of thiophene rings is 1. The van der Waals surface area contributed by atoms with E-state index in [9.17, 15) is 17.6 Å². The molecule has 3 heterocycles. The summed E-state index contributed by atoms with van der Waals surface area (Å²) in [5, 5.41) is 1.90. The maximum atomic E-state index is 13.2. The molecule has 1 amide bonds. The number of hydrogen-bond acceptors (Lipinski definition) is 5. The molecule has 1 saturated heterocycles. The van der Waals surface area contributed by atoms with Gasteiger partial charge in [-0.25, -0.2) is 17.5 Å². The largest absolute Gasteiger partial charge is 0.343 e. The number of rotatable bonds is 6. The summed E-state index contributed by atoms with van der Waals surface area (Å²) in [5.74, 6) is -0.739. The second-order valence-corrected chi connectivity index (χ2v) is 11.1. The molecule has 2 aromatic rings. The van der Waals surface area contributed by atoms with E-state index in [2.05, 4.69) is 21.1 Å². The zero-order valence-corrected chi connectivity index (χ0v) is 19.4. The lowest BCUT2D eigenvalue weighted by Gasteiger charge is -2.40.